The maximum atomic E-state index is 14.4. The van der Waals surface area contributed by atoms with E-state index >= 15 is 0 Å². The SMILES string of the molecule is Cc1c(C(=O)NC2CCCC(O)C2)nc(-c2cc(F)cc(C#N)c2)n1-c1ccc(OS(=O)(=O)CCC(F)(F)F)cc1. The molecule has 1 amide bonds. The van der Waals surface area contributed by atoms with Crippen molar-refractivity contribution >= 4 is 16.0 Å². The Morgan fingerprint density at radius 1 is 1.22 bits per heavy atom. The van der Waals surface area contributed by atoms with Crippen molar-refractivity contribution < 1.29 is 40.1 Å². The minimum absolute atomic E-state index is 0.0119. The Balaban J connectivity index is 1.70. The summed E-state index contributed by atoms with van der Waals surface area (Å²) in [6.45, 7) is 1.59. The van der Waals surface area contributed by atoms with Crippen LogP contribution < -0.4 is 9.50 Å². The van der Waals surface area contributed by atoms with Crippen LogP contribution in [-0.4, -0.2) is 53.1 Å². The van der Waals surface area contributed by atoms with E-state index in [9.17, 15) is 41.1 Å². The van der Waals surface area contributed by atoms with Crippen molar-refractivity contribution in [1.82, 2.24) is 14.9 Å². The monoisotopic (exact) mass is 594 g/mol. The number of alkyl halides is 3. The highest BCUT2D eigenvalue weighted by atomic mass is 32.2. The summed E-state index contributed by atoms with van der Waals surface area (Å²) >= 11 is 0. The molecule has 2 aromatic carbocycles. The molecule has 14 heteroatoms. The Morgan fingerprint density at radius 2 is 1.93 bits per heavy atom. The molecule has 0 radical (unpaired) electrons. The first kappa shape index (κ1) is 30.0. The number of carbonyl (C=O) groups is 1. The number of rotatable bonds is 8. The standard InChI is InChI=1S/C27H26F4N4O5S/c1-16-24(26(37)33-20-3-2-4-22(36)14-20)34-25(18-11-17(15-32)12-19(28)13-18)35(16)21-5-7-23(8-6-21)40-41(38,39)10-9-27(29,30)31/h5-8,11-13,20,22,36H,2-4,9-10,14H2,1H3,(H,33,37). The molecule has 3 aromatic rings. The zero-order valence-corrected chi connectivity index (χ0v) is 22.6. The average Bonchev–Trinajstić information content (AvgIpc) is 3.24. The van der Waals surface area contributed by atoms with Crippen LogP contribution in [0.15, 0.2) is 42.5 Å². The number of hydrogen-bond donors (Lipinski definition) is 2. The molecular weight excluding hydrogens is 568 g/mol. The van der Waals surface area contributed by atoms with Crippen molar-refractivity contribution in [3.05, 3.63) is 65.2 Å². The van der Waals surface area contributed by atoms with Crippen LogP contribution in [0.5, 0.6) is 5.75 Å². The number of aromatic nitrogens is 2. The van der Waals surface area contributed by atoms with Gasteiger partial charge in [-0.2, -0.15) is 26.9 Å². The number of nitriles is 1. The third kappa shape index (κ3) is 7.62. The van der Waals surface area contributed by atoms with E-state index < -0.39 is 46.3 Å². The number of carbonyl (C=O) groups excluding carboxylic acids is 1. The number of benzene rings is 2. The van der Waals surface area contributed by atoms with Gasteiger partial charge in [-0.3, -0.25) is 9.36 Å². The third-order valence-electron chi connectivity index (χ3n) is 6.54. The molecule has 1 aliphatic rings. The lowest BCUT2D eigenvalue weighted by molar-refractivity contribution is -0.130. The van der Waals surface area contributed by atoms with Crippen LogP contribution in [0.2, 0.25) is 0 Å². The molecule has 9 nitrogen and oxygen atoms in total. The second-order valence-corrected chi connectivity index (χ2v) is 11.4. The highest BCUT2D eigenvalue weighted by Gasteiger charge is 2.31. The topological polar surface area (TPSA) is 134 Å². The molecule has 1 aliphatic carbocycles. The van der Waals surface area contributed by atoms with Crippen molar-refractivity contribution in [2.45, 2.75) is 57.3 Å². The van der Waals surface area contributed by atoms with Crippen molar-refractivity contribution in [3.8, 4) is 28.9 Å². The van der Waals surface area contributed by atoms with Gasteiger partial charge in [-0.15, -0.1) is 0 Å². The van der Waals surface area contributed by atoms with Crippen LogP contribution in [0.1, 0.15) is 53.8 Å². The van der Waals surface area contributed by atoms with E-state index in [0.29, 0.717) is 30.6 Å². The van der Waals surface area contributed by atoms with Gasteiger partial charge in [0.05, 0.1) is 35.6 Å². The molecule has 0 saturated heterocycles. The summed E-state index contributed by atoms with van der Waals surface area (Å²) in [6.07, 6.45) is -4.30. The molecule has 41 heavy (non-hydrogen) atoms. The second kappa shape index (κ2) is 11.9. The predicted molar refractivity (Wildman–Crippen MR) is 139 cm³/mol. The van der Waals surface area contributed by atoms with E-state index in [2.05, 4.69) is 10.3 Å². The molecule has 1 saturated carbocycles. The molecule has 218 valence electrons. The third-order valence-corrected chi connectivity index (χ3v) is 7.69. The van der Waals surface area contributed by atoms with Crippen LogP contribution in [0.3, 0.4) is 0 Å². The Hall–Kier alpha value is -3.96. The van der Waals surface area contributed by atoms with Crippen LogP contribution in [0.4, 0.5) is 17.6 Å². The molecule has 0 spiro atoms. The van der Waals surface area contributed by atoms with Gasteiger partial charge in [-0.1, -0.05) is 0 Å². The Labute approximate surface area is 233 Å². The molecule has 4 rings (SSSR count). The number of aliphatic hydroxyl groups excluding tert-OH is 1. The summed E-state index contributed by atoms with van der Waals surface area (Å²) in [5, 5.41) is 22.2. The first-order chi connectivity index (χ1) is 19.2. The largest absolute Gasteiger partial charge is 0.393 e. The molecule has 2 N–H and O–H groups in total. The number of hydrogen-bond acceptors (Lipinski definition) is 7. The summed E-state index contributed by atoms with van der Waals surface area (Å²) in [6, 6.07) is 10.4. The van der Waals surface area contributed by atoms with Gasteiger partial charge in [-0.25, -0.2) is 9.37 Å². The summed E-state index contributed by atoms with van der Waals surface area (Å²) in [7, 11) is -4.52. The summed E-state index contributed by atoms with van der Waals surface area (Å²) in [4.78, 5) is 17.7. The molecule has 1 heterocycles. The maximum absolute atomic E-state index is 14.4. The van der Waals surface area contributed by atoms with Gasteiger partial charge < -0.3 is 14.6 Å². The number of nitrogens with zero attached hydrogens (tertiary/aromatic N) is 3. The number of amides is 1. The van der Waals surface area contributed by atoms with E-state index in [0.717, 1.165) is 18.6 Å². The van der Waals surface area contributed by atoms with Gasteiger partial charge in [-0.05, 0) is 75.1 Å². The number of halogens is 4. The Morgan fingerprint density at radius 3 is 2.56 bits per heavy atom. The van der Waals surface area contributed by atoms with Gasteiger partial charge in [0.25, 0.3) is 5.91 Å². The maximum Gasteiger partial charge on any atom is 0.390 e. The molecule has 1 fully saturated rings. The van der Waals surface area contributed by atoms with Crippen molar-refractivity contribution in [2.24, 2.45) is 0 Å². The average molecular weight is 595 g/mol. The first-order valence-corrected chi connectivity index (χ1v) is 14.2. The van der Waals surface area contributed by atoms with Crippen molar-refractivity contribution in [2.75, 3.05) is 5.75 Å². The molecule has 2 atom stereocenters. The van der Waals surface area contributed by atoms with Gasteiger partial charge in [0.15, 0.2) is 0 Å². The highest BCUT2D eigenvalue weighted by Crippen LogP contribution is 2.30. The zero-order valence-electron chi connectivity index (χ0n) is 21.8. The summed E-state index contributed by atoms with van der Waals surface area (Å²) < 4.78 is 82.0. The normalized spacial score (nSPS) is 17.6. The van der Waals surface area contributed by atoms with Gasteiger partial charge in [0.1, 0.15) is 23.1 Å². The fourth-order valence-corrected chi connectivity index (χ4v) is 5.61. The Bertz CT molecular complexity index is 1580. The quantitative estimate of drug-likeness (QED) is 0.289. The van der Waals surface area contributed by atoms with Crippen molar-refractivity contribution in [3.63, 3.8) is 0 Å². The van der Waals surface area contributed by atoms with Gasteiger partial charge >= 0.3 is 16.3 Å². The lowest BCUT2D eigenvalue weighted by Gasteiger charge is -2.26. The smallest absolute Gasteiger partial charge is 0.390 e. The van der Waals surface area contributed by atoms with Gasteiger partial charge in [0.2, 0.25) is 0 Å². The first-order valence-electron chi connectivity index (χ1n) is 12.6. The van der Waals surface area contributed by atoms with E-state index in [1.165, 1.54) is 34.9 Å². The fraction of sp³-hybridized carbons (Fsp3) is 0.370. The predicted octanol–water partition coefficient (Wildman–Crippen LogP) is 4.55. The molecule has 0 bridgehead atoms. The fourth-order valence-electron chi connectivity index (χ4n) is 4.64. The highest BCUT2D eigenvalue weighted by molar-refractivity contribution is 7.87. The number of imidazole rings is 1. The van der Waals surface area contributed by atoms with Gasteiger partial charge in [0, 0.05) is 17.3 Å². The van der Waals surface area contributed by atoms with E-state index in [-0.39, 0.29) is 34.4 Å². The lowest BCUT2D eigenvalue weighted by Crippen LogP contribution is -2.40. The van der Waals surface area contributed by atoms with Crippen LogP contribution in [0.25, 0.3) is 17.1 Å². The van der Waals surface area contributed by atoms with E-state index in [4.69, 9.17) is 4.18 Å². The molecule has 2 unspecified atom stereocenters. The number of aliphatic hydroxyl groups is 1. The molecular formula is C27H26F4N4O5S. The van der Waals surface area contributed by atoms with E-state index in [1.807, 2.05) is 6.07 Å². The van der Waals surface area contributed by atoms with Crippen molar-refractivity contribution in [1.29, 1.82) is 5.26 Å². The Kier molecular flexibility index (Phi) is 8.69. The summed E-state index contributed by atoms with van der Waals surface area (Å²) in [5.74, 6) is -2.60. The number of nitrogens with one attached hydrogen (secondary N) is 1. The van der Waals surface area contributed by atoms with E-state index in [1.54, 1.807) is 6.92 Å². The molecule has 1 aromatic heterocycles. The van der Waals surface area contributed by atoms with Crippen LogP contribution in [-0.2, 0) is 10.1 Å². The summed E-state index contributed by atoms with van der Waals surface area (Å²) in [5.41, 5.74) is 0.898. The molecule has 0 aliphatic heterocycles. The van der Waals surface area contributed by atoms with Crippen LogP contribution in [0, 0.1) is 24.1 Å². The minimum Gasteiger partial charge on any atom is -0.393 e. The minimum atomic E-state index is -4.67. The second-order valence-electron chi connectivity index (χ2n) is 9.74. The van der Waals surface area contributed by atoms with Crippen LogP contribution >= 0.6 is 0 Å². The zero-order chi connectivity index (χ0) is 29.9. The lowest BCUT2D eigenvalue weighted by atomic mass is 9.93.